The molecule has 0 atom stereocenters. The van der Waals surface area contributed by atoms with Gasteiger partial charge in [-0.2, -0.15) is 8.78 Å². The van der Waals surface area contributed by atoms with E-state index in [0.717, 1.165) is 12.1 Å². The van der Waals surface area contributed by atoms with E-state index in [4.69, 9.17) is 0 Å². The van der Waals surface area contributed by atoms with Gasteiger partial charge in [0.05, 0.1) is 5.56 Å². The van der Waals surface area contributed by atoms with E-state index in [2.05, 4.69) is 15.4 Å². The third-order valence-electron chi connectivity index (χ3n) is 3.43. The van der Waals surface area contributed by atoms with Gasteiger partial charge >= 0.3 is 6.61 Å². The molecule has 144 valence electrons. The Labute approximate surface area is 152 Å². The number of benzene rings is 2. The van der Waals surface area contributed by atoms with Gasteiger partial charge in [0, 0.05) is 25.6 Å². The van der Waals surface area contributed by atoms with Crippen LogP contribution in [0.3, 0.4) is 0 Å². The molecule has 0 saturated heterocycles. The molecule has 2 rings (SSSR count). The molecule has 9 heteroatoms. The number of alkyl halides is 2. The largest absolute Gasteiger partial charge is 0.435 e. The number of hydrogen-bond donors (Lipinski definition) is 2. The highest BCUT2D eigenvalue weighted by Gasteiger charge is 2.12. The molecule has 0 aliphatic rings. The van der Waals surface area contributed by atoms with E-state index < -0.39 is 30.1 Å². The number of carbonyl (C=O) groups excluding carboxylic acids is 2. The molecule has 0 fully saturated rings. The van der Waals surface area contributed by atoms with Crippen molar-refractivity contribution in [2.45, 2.75) is 19.6 Å². The molecule has 0 aliphatic carbocycles. The van der Waals surface area contributed by atoms with Crippen molar-refractivity contribution in [2.75, 3.05) is 6.54 Å². The van der Waals surface area contributed by atoms with Crippen LogP contribution in [-0.4, -0.2) is 25.0 Å². The fourth-order valence-electron chi connectivity index (χ4n) is 2.18. The van der Waals surface area contributed by atoms with Crippen molar-refractivity contribution < 1.29 is 31.9 Å². The Hall–Kier alpha value is -3.10. The summed E-state index contributed by atoms with van der Waals surface area (Å²) in [5.41, 5.74) is 0.228. The molecule has 0 radical (unpaired) electrons. The van der Waals surface area contributed by atoms with Gasteiger partial charge in [-0.15, -0.1) is 0 Å². The molecule has 5 nitrogen and oxygen atoms in total. The number of carbonyl (C=O) groups is 2. The molecular formula is C18H16F4N2O3. The lowest BCUT2D eigenvalue weighted by Crippen LogP contribution is -2.31. The average molecular weight is 384 g/mol. The Morgan fingerprint density at radius 1 is 1.04 bits per heavy atom. The Balaban J connectivity index is 1.75. The van der Waals surface area contributed by atoms with Crippen molar-refractivity contribution in [1.29, 1.82) is 0 Å². The third kappa shape index (κ3) is 6.61. The molecule has 27 heavy (non-hydrogen) atoms. The van der Waals surface area contributed by atoms with Crippen LogP contribution in [0, 0.1) is 11.6 Å². The van der Waals surface area contributed by atoms with E-state index in [1.165, 1.54) is 18.2 Å². The Morgan fingerprint density at radius 3 is 2.52 bits per heavy atom. The molecule has 2 amide bonds. The van der Waals surface area contributed by atoms with Gasteiger partial charge in [-0.25, -0.2) is 8.78 Å². The van der Waals surface area contributed by atoms with Gasteiger partial charge in [0.1, 0.15) is 17.4 Å². The fraction of sp³-hybridized carbons (Fsp3) is 0.222. The zero-order chi connectivity index (χ0) is 19.8. The van der Waals surface area contributed by atoms with Crippen molar-refractivity contribution in [3.05, 3.63) is 65.2 Å². The normalized spacial score (nSPS) is 10.6. The quantitative estimate of drug-likeness (QED) is 0.688. The summed E-state index contributed by atoms with van der Waals surface area (Å²) >= 11 is 0. The van der Waals surface area contributed by atoms with Crippen molar-refractivity contribution in [3.63, 3.8) is 0 Å². The van der Waals surface area contributed by atoms with Crippen molar-refractivity contribution >= 4 is 11.8 Å². The highest BCUT2D eigenvalue weighted by molar-refractivity contribution is 5.94. The summed E-state index contributed by atoms with van der Waals surface area (Å²) in [5.74, 6) is -2.99. The molecule has 0 aliphatic heterocycles. The monoisotopic (exact) mass is 384 g/mol. The van der Waals surface area contributed by atoms with Gasteiger partial charge in [-0.05, 0) is 29.8 Å². The maximum atomic E-state index is 13.5. The highest BCUT2D eigenvalue weighted by Crippen LogP contribution is 2.15. The summed E-state index contributed by atoms with van der Waals surface area (Å²) in [6.07, 6.45) is -0.0816. The number of ether oxygens (including phenoxy) is 1. The van der Waals surface area contributed by atoms with Crippen LogP contribution in [0.25, 0.3) is 0 Å². The average Bonchev–Trinajstić information content (AvgIpc) is 2.59. The minimum atomic E-state index is -2.94. The second-order valence-corrected chi connectivity index (χ2v) is 5.43. The summed E-state index contributed by atoms with van der Waals surface area (Å²) in [6.45, 7) is -2.92. The first kappa shape index (κ1) is 20.2. The first-order valence-electron chi connectivity index (χ1n) is 7.89. The molecule has 0 aromatic heterocycles. The second-order valence-electron chi connectivity index (χ2n) is 5.43. The van der Waals surface area contributed by atoms with Crippen molar-refractivity contribution in [2.24, 2.45) is 0 Å². The third-order valence-corrected chi connectivity index (χ3v) is 3.43. The van der Waals surface area contributed by atoms with Crippen LogP contribution in [0.1, 0.15) is 22.3 Å². The summed E-state index contributed by atoms with van der Waals surface area (Å²) < 4.78 is 54.9. The topological polar surface area (TPSA) is 67.4 Å². The predicted octanol–water partition coefficient (Wildman–Crippen LogP) is 3.00. The number of nitrogens with one attached hydrogen (secondary N) is 2. The van der Waals surface area contributed by atoms with E-state index in [0.29, 0.717) is 11.6 Å². The molecule has 0 unspecified atom stereocenters. The minimum absolute atomic E-state index is 0.0228. The van der Waals surface area contributed by atoms with Gasteiger partial charge in [-0.3, -0.25) is 9.59 Å². The first-order valence-corrected chi connectivity index (χ1v) is 7.89. The van der Waals surface area contributed by atoms with E-state index >= 15 is 0 Å². The number of hydrogen-bond acceptors (Lipinski definition) is 3. The first-order chi connectivity index (χ1) is 12.8. The van der Waals surface area contributed by atoms with Crippen LogP contribution in [0.4, 0.5) is 17.6 Å². The van der Waals surface area contributed by atoms with Crippen molar-refractivity contribution in [1.82, 2.24) is 10.6 Å². The van der Waals surface area contributed by atoms with Gasteiger partial charge in [0.25, 0.3) is 5.91 Å². The van der Waals surface area contributed by atoms with Crippen LogP contribution in [-0.2, 0) is 11.3 Å². The van der Waals surface area contributed by atoms with Crippen molar-refractivity contribution in [3.8, 4) is 5.75 Å². The summed E-state index contributed by atoms with van der Waals surface area (Å²) in [6, 6.07) is 8.42. The molecule has 2 aromatic carbocycles. The maximum absolute atomic E-state index is 13.5. The van der Waals surface area contributed by atoms with E-state index in [9.17, 15) is 27.2 Å². The van der Waals surface area contributed by atoms with Crippen LogP contribution < -0.4 is 15.4 Å². The SMILES string of the molecule is O=C(CCNC(=O)c1ccc(F)cc1F)NCc1cccc(OC(F)F)c1. The highest BCUT2D eigenvalue weighted by atomic mass is 19.3. The number of halogens is 4. The van der Waals surface area contributed by atoms with Crippen LogP contribution in [0.5, 0.6) is 5.75 Å². The molecule has 0 heterocycles. The number of amides is 2. The summed E-state index contributed by atoms with van der Waals surface area (Å²) in [4.78, 5) is 23.6. The molecule has 0 spiro atoms. The zero-order valence-corrected chi connectivity index (χ0v) is 14.0. The molecule has 0 bridgehead atoms. The number of rotatable bonds is 8. The van der Waals surface area contributed by atoms with Crippen LogP contribution in [0.15, 0.2) is 42.5 Å². The molecule has 0 saturated carbocycles. The lowest BCUT2D eigenvalue weighted by atomic mass is 10.2. The van der Waals surface area contributed by atoms with Crippen LogP contribution in [0.2, 0.25) is 0 Å². The van der Waals surface area contributed by atoms with E-state index in [1.54, 1.807) is 6.07 Å². The fourth-order valence-corrected chi connectivity index (χ4v) is 2.18. The standard InChI is InChI=1S/C18H16F4N2O3/c19-12-4-5-14(15(20)9-12)17(26)23-7-6-16(25)24-10-11-2-1-3-13(8-11)27-18(21)22/h1-5,8-9,18H,6-7,10H2,(H,23,26)(H,24,25). The van der Waals surface area contributed by atoms with Crippen LogP contribution >= 0.6 is 0 Å². The smallest absolute Gasteiger partial charge is 0.387 e. The lowest BCUT2D eigenvalue weighted by molar-refractivity contribution is -0.121. The Bertz CT molecular complexity index is 815. The van der Waals surface area contributed by atoms with Gasteiger partial charge in [-0.1, -0.05) is 12.1 Å². The predicted molar refractivity (Wildman–Crippen MR) is 88.2 cm³/mol. The van der Waals surface area contributed by atoms with E-state index in [1.807, 2.05) is 0 Å². The molecule has 2 aromatic rings. The zero-order valence-electron chi connectivity index (χ0n) is 14.0. The molecular weight excluding hydrogens is 368 g/mol. The van der Waals surface area contributed by atoms with Gasteiger partial charge < -0.3 is 15.4 Å². The summed E-state index contributed by atoms with van der Waals surface area (Å²) in [7, 11) is 0. The maximum Gasteiger partial charge on any atom is 0.387 e. The molecule has 2 N–H and O–H groups in total. The van der Waals surface area contributed by atoms with Gasteiger partial charge in [0.15, 0.2) is 0 Å². The lowest BCUT2D eigenvalue weighted by Gasteiger charge is -2.09. The Kier molecular flexibility index (Phi) is 7.16. The summed E-state index contributed by atoms with van der Waals surface area (Å²) in [5, 5.41) is 4.91. The minimum Gasteiger partial charge on any atom is -0.435 e. The Morgan fingerprint density at radius 2 is 1.81 bits per heavy atom. The van der Waals surface area contributed by atoms with E-state index in [-0.39, 0.29) is 30.8 Å². The van der Waals surface area contributed by atoms with Gasteiger partial charge in [0.2, 0.25) is 5.91 Å². The second kappa shape index (κ2) is 9.56.